The van der Waals surface area contributed by atoms with Crippen LogP contribution < -0.4 is 5.32 Å². The minimum atomic E-state index is 0.0985. The summed E-state index contributed by atoms with van der Waals surface area (Å²) in [6.07, 6.45) is 0. The number of amides is 1. The lowest BCUT2D eigenvalue weighted by Gasteiger charge is -2.21. The highest BCUT2D eigenvalue weighted by atomic mass is 79.9. The molecule has 2 aromatic rings. The molecule has 110 valence electrons. The molecule has 0 heterocycles. The predicted molar refractivity (Wildman–Crippen MR) is 90.2 cm³/mol. The zero-order chi connectivity index (χ0) is 15.1. The molecule has 0 atom stereocenters. The number of hydrogen-bond donors (Lipinski definition) is 1. The molecule has 0 aliphatic heterocycles. The van der Waals surface area contributed by atoms with Crippen LogP contribution in [-0.2, 0) is 11.3 Å². The molecule has 0 unspecified atom stereocenters. The van der Waals surface area contributed by atoms with E-state index in [9.17, 15) is 4.79 Å². The van der Waals surface area contributed by atoms with E-state index in [-0.39, 0.29) is 5.91 Å². The summed E-state index contributed by atoms with van der Waals surface area (Å²) in [6, 6.07) is 17.9. The van der Waals surface area contributed by atoms with Gasteiger partial charge in [0.25, 0.3) is 0 Å². The first-order valence-electron chi connectivity index (χ1n) is 7.00. The van der Waals surface area contributed by atoms with Gasteiger partial charge in [-0.1, -0.05) is 52.3 Å². The van der Waals surface area contributed by atoms with Crippen LogP contribution in [0, 0.1) is 0 Å². The molecule has 2 rings (SSSR count). The number of rotatable bonds is 6. The number of halogens is 1. The van der Waals surface area contributed by atoms with E-state index < -0.39 is 0 Å². The van der Waals surface area contributed by atoms with Crippen molar-refractivity contribution < 1.29 is 4.79 Å². The highest BCUT2D eigenvalue weighted by Crippen LogP contribution is 2.15. The molecule has 0 bridgehead atoms. The summed E-state index contributed by atoms with van der Waals surface area (Å²) < 4.78 is 0.997. The quantitative estimate of drug-likeness (QED) is 0.859. The van der Waals surface area contributed by atoms with E-state index in [1.807, 2.05) is 66.4 Å². The lowest BCUT2D eigenvalue weighted by atomic mass is 10.2. The fourth-order valence-corrected chi connectivity index (χ4v) is 2.47. The number of anilines is 1. The second-order valence-electron chi connectivity index (χ2n) is 4.76. The van der Waals surface area contributed by atoms with Crippen molar-refractivity contribution in [2.45, 2.75) is 13.5 Å². The van der Waals surface area contributed by atoms with Gasteiger partial charge in [0, 0.05) is 23.2 Å². The van der Waals surface area contributed by atoms with Crippen LogP contribution >= 0.6 is 15.9 Å². The van der Waals surface area contributed by atoms with Crippen LogP contribution in [0.4, 0.5) is 5.69 Å². The maximum Gasteiger partial charge on any atom is 0.242 e. The Bertz CT molecular complexity index is 586. The minimum absolute atomic E-state index is 0.0985. The molecule has 1 N–H and O–H groups in total. The van der Waals surface area contributed by atoms with Crippen molar-refractivity contribution >= 4 is 27.5 Å². The Labute approximate surface area is 134 Å². The van der Waals surface area contributed by atoms with Crippen LogP contribution in [0.5, 0.6) is 0 Å². The van der Waals surface area contributed by atoms with Gasteiger partial charge in [-0.2, -0.15) is 0 Å². The molecule has 0 spiro atoms. The number of nitrogens with zero attached hydrogens (tertiary/aromatic N) is 1. The minimum Gasteiger partial charge on any atom is -0.376 e. The maximum absolute atomic E-state index is 12.3. The molecule has 2 aromatic carbocycles. The fourth-order valence-electron chi connectivity index (χ4n) is 2.07. The van der Waals surface area contributed by atoms with Gasteiger partial charge in [-0.3, -0.25) is 4.79 Å². The van der Waals surface area contributed by atoms with E-state index >= 15 is 0 Å². The molecule has 0 saturated heterocycles. The van der Waals surface area contributed by atoms with Crippen LogP contribution in [0.2, 0.25) is 0 Å². The molecular weight excluding hydrogens is 328 g/mol. The van der Waals surface area contributed by atoms with Crippen molar-refractivity contribution in [1.29, 1.82) is 0 Å². The highest BCUT2D eigenvalue weighted by Gasteiger charge is 2.11. The average Bonchev–Trinajstić information content (AvgIpc) is 2.51. The van der Waals surface area contributed by atoms with E-state index in [1.54, 1.807) is 0 Å². The van der Waals surface area contributed by atoms with Gasteiger partial charge in [0.2, 0.25) is 5.91 Å². The molecule has 0 aliphatic carbocycles. The normalized spacial score (nSPS) is 10.2. The lowest BCUT2D eigenvalue weighted by Crippen LogP contribution is -2.34. The van der Waals surface area contributed by atoms with E-state index in [4.69, 9.17) is 0 Å². The van der Waals surface area contributed by atoms with Crippen LogP contribution in [0.15, 0.2) is 59.1 Å². The molecule has 0 aromatic heterocycles. The number of likely N-dealkylation sites (N-methyl/N-ethyl adjacent to an activating group) is 1. The third-order valence-corrected chi connectivity index (χ3v) is 3.71. The first kappa shape index (κ1) is 15.6. The largest absolute Gasteiger partial charge is 0.376 e. The molecule has 21 heavy (non-hydrogen) atoms. The standard InChI is InChI=1S/C17H19BrN2O/c1-2-20(13-14-7-4-3-5-8-14)17(21)12-19-16-10-6-9-15(18)11-16/h3-11,19H,2,12-13H2,1H3. The number of hydrogen-bond acceptors (Lipinski definition) is 2. The maximum atomic E-state index is 12.3. The van der Waals surface area contributed by atoms with Crippen LogP contribution in [-0.4, -0.2) is 23.9 Å². The predicted octanol–water partition coefficient (Wildman–Crippen LogP) is 3.91. The van der Waals surface area contributed by atoms with Crippen LogP contribution in [0.25, 0.3) is 0 Å². The van der Waals surface area contributed by atoms with Gasteiger partial charge in [-0.05, 0) is 30.7 Å². The van der Waals surface area contributed by atoms with Crippen molar-refractivity contribution in [2.75, 3.05) is 18.4 Å². The molecule has 4 heteroatoms. The van der Waals surface area contributed by atoms with E-state index in [2.05, 4.69) is 21.2 Å². The molecule has 0 aliphatic rings. The first-order valence-corrected chi connectivity index (χ1v) is 7.79. The van der Waals surface area contributed by atoms with Crippen molar-refractivity contribution in [3.05, 3.63) is 64.6 Å². The zero-order valence-corrected chi connectivity index (χ0v) is 13.6. The van der Waals surface area contributed by atoms with Gasteiger partial charge < -0.3 is 10.2 Å². The van der Waals surface area contributed by atoms with Crippen molar-refractivity contribution in [3.63, 3.8) is 0 Å². The summed E-state index contributed by atoms with van der Waals surface area (Å²) in [5.41, 5.74) is 2.09. The summed E-state index contributed by atoms with van der Waals surface area (Å²) in [4.78, 5) is 14.1. The number of carbonyl (C=O) groups excluding carboxylic acids is 1. The third kappa shape index (κ3) is 4.90. The van der Waals surface area contributed by atoms with Crippen molar-refractivity contribution in [3.8, 4) is 0 Å². The third-order valence-electron chi connectivity index (χ3n) is 3.22. The number of nitrogens with one attached hydrogen (secondary N) is 1. The van der Waals surface area contributed by atoms with Gasteiger partial charge in [0.1, 0.15) is 0 Å². The Hall–Kier alpha value is -1.81. The summed E-state index contributed by atoms with van der Waals surface area (Å²) >= 11 is 3.42. The molecule has 1 amide bonds. The average molecular weight is 347 g/mol. The SMILES string of the molecule is CCN(Cc1ccccc1)C(=O)CNc1cccc(Br)c1. The van der Waals surface area contributed by atoms with E-state index in [0.717, 1.165) is 15.7 Å². The van der Waals surface area contributed by atoms with Crippen molar-refractivity contribution in [2.24, 2.45) is 0 Å². The smallest absolute Gasteiger partial charge is 0.242 e. The summed E-state index contributed by atoms with van der Waals surface area (Å²) in [7, 11) is 0. The molecular formula is C17H19BrN2O. The Kier molecular flexibility index (Phi) is 5.81. The van der Waals surface area contributed by atoms with E-state index in [1.165, 1.54) is 0 Å². The molecule has 0 fully saturated rings. The van der Waals surface area contributed by atoms with Crippen LogP contribution in [0.3, 0.4) is 0 Å². The fraction of sp³-hybridized carbons (Fsp3) is 0.235. The topological polar surface area (TPSA) is 32.3 Å². The Morgan fingerprint density at radius 2 is 1.90 bits per heavy atom. The molecule has 3 nitrogen and oxygen atoms in total. The van der Waals surface area contributed by atoms with Gasteiger partial charge in [-0.25, -0.2) is 0 Å². The van der Waals surface area contributed by atoms with Gasteiger partial charge >= 0.3 is 0 Å². The monoisotopic (exact) mass is 346 g/mol. The second kappa shape index (κ2) is 7.84. The summed E-state index contributed by atoms with van der Waals surface area (Å²) in [5.74, 6) is 0.0985. The van der Waals surface area contributed by atoms with Crippen LogP contribution in [0.1, 0.15) is 12.5 Å². The Morgan fingerprint density at radius 3 is 2.57 bits per heavy atom. The first-order chi connectivity index (χ1) is 10.2. The summed E-state index contributed by atoms with van der Waals surface area (Å²) in [5, 5.41) is 3.16. The number of carbonyl (C=O) groups is 1. The van der Waals surface area contributed by atoms with Crippen molar-refractivity contribution in [1.82, 2.24) is 4.90 Å². The van der Waals surface area contributed by atoms with Gasteiger partial charge in [0.15, 0.2) is 0 Å². The second-order valence-corrected chi connectivity index (χ2v) is 5.67. The Balaban J connectivity index is 1.91. The molecule has 0 saturated carbocycles. The zero-order valence-electron chi connectivity index (χ0n) is 12.1. The van der Waals surface area contributed by atoms with Gasteiger partial charge in [-0.15, -0.1) is 0 Å². The highest BCUT2D eigenvalue weighted by molar-refractivity contribution is 9.10. The Morgan fingerprint density at radius 1 is 1.14 bits per heavy atom. The summed E-state index contributed by atoms with van der Waals surface area (Å²) in [6.45, 7) is 3.65. The van der Waals surface area contributed by atoms with E-state index in [0.29, 0.717) is 19.6 Å². The lowest BCUT2D eigenvalue weighted by molar-refractivity contribution is -0.129. The van der Waals surface area contributed by atoms with Gasteiger partial charge in [0.05, 0.1) is 6.54 Å². The number of benzene rings is 2. The molecule has 0 radical (unpaired) electrons.